The van der Waals surface area contributed by atoms with Crippen LogP contribution in [0.2, 0.25) is 0 Å². The fraction of sp³-hybridized carbons (Fsp3) is 0.500. The summed E-state index contributed by atoms with van der Waals surface area (Å²) < 4.78 is 1.85. The van der Waals surface area contributed by atoms with Crippen molar-refractivity contribution in [1.29, 1.82) is 0 Å². The number of hydrogen-bond acceptors (Lipinski definition) is 5. The number of rotatable bonds is 7. The van der Waals surface area contributed by atoms with Crippen molar-refractivity contribution in [3.05, 3.63) is 36.4 Å². The fourth-order valence-corrected chi connectivity index (χ4v) is 3.02. The van der Waals surface area contributed by atoms with E-state index in [1.165, 1.54) is 19.3 Å². The molecule has 0 unspecified atom stereocenters. The number of carbonyl (C=O) groups is 1. The monoisotopic (exact) mass is 342 g/mol. The van der Waals surface area contributed by atoms with Crippen molar-refractivity contribution in [3.63, 3.8) is 0 Å². The molecule has 2 aromatic rings. The Hall–Kier alpha value is -2.57. The molecule has 7 heteroatoms. The molecule has 2 aromatic heterocycles. The van der Waals surface area contributed by atoms with Gasteiger partial charge in [-0.25, -0.2) is 9.97 Å². The summed E-state index contributed by atoms with van der Waals surface area (Å²) in [6, 6.07) is 5.82. The lowest BCUT2D eigenvalue weighted by molar-refractivity contribution is -0.121. The lowest BCUT2D eigenvalue weighted by atomic mass is 10.1. The van der Waals surface area contributed by atoms with E-state index < -0.39 is 0 Å². The van der Waals surface area contributed by atoms with Crippen LogP contribution >= 0.6 is 0 Å². The van der Waals surface area contributed by atoms with Gasteiger partial charge in [0, 0.05) is 44.6 Å². The molecule has 0 aliphatic carbocycles. The van der Waals surface area contributed by atoms with Gasteiger partial charge in [-0.2, -0.15) is 0 Å². The van der Waals surface area contributed by atoms with Crippen molar-refractivity contribution in [2.24, 2.45) is 0 Å². The van der Waals surface area contributed by atoms with Crippen LogP contribution in [0, 0.1) is 6.92 Å². The van der Waals surface area contributed by atoms with Crippen LogP contribution in [0.1, 0.15) is 25.1 Å². The van der Waals surface area contributed by atoms with Crippen LogP contribution in [0.4, 0.5) is 11.6 Å². The zero-order valence-electron chi connectivity index (χ0n) is 14.7. The molecule has 2 N–H and O–H groups in total. The lowest BCUT2D eigenvalue weighted by Gasteiger charge is -2.28. The smallest absolute Gasteiger partial charge is 0.239 e. The van der Waals surface area contributed by atoms with Gasteiger partial charge in [0.05, 0.1) is 0 Å². The Bertz CT molecular complexity index is 679. The van der Waals surface area contributed by atoms with E-state index in [4.69, 9.17) is 0 Å². The Labute approximate surface area is 148 Å². The second kappa shape index (κ2) is 8.50. The molecule has 1 fully saturated rings. The zero-order chi connectivity index (χ0) is 17.5. The van der Waals surface area contributed by atoms with Crippen LogP contribution in [0.5, 0.6) is 0 Å². The Balaban J connectivity index is 1.46. The van der Waals surface area contributed by atoms with E-state index in [9.17, 15) is 4.79 Å². The standard InChI is InChI=1S/C18H26N6O/c1-15-21-16(13-17(22-15)24-11-3-2-4-12-24)19-7-8-20-18(25)14-23-9-5-6-10-23/h5-6,9-10,13H,2-4,7-8,11-12,14H2,1H3,(H,20,25)(H,19,21,22). The molecule has 0 spiro atoms. The number of nitrogens with one attached hydrogen (secondary N) is 2. The minimum atomic E-state index is 0.00544. The summed E-state index contributed by atoms with van der Waals surface area (Å²) in [5.74, 6) is 2.58. The van der Waals surface area contributed by atoms with E-state index in [1.807, 2.05) is 42.1 Å². The molecule has 134 valence electrons. The highest BCUT2D eigenvalue weighted by atomic mass is 16.1. The molecule has 0 atom stereocenters. The highest BCUT2D eigenvalue weighted by Gasteiger charge is 2.13. The van der Waals surface area contributed by atoms with Crippen LogP contribution in [-0.4, -0.2) is 46.6 Å². The predicted octanol–water partition coefficient (Wildman–Crippen LogP) is 1.81. The highest BCUT2D eigenvalue weighted by molar-refractivity contribution is 5.75. The summed E-state index contributed by atoms with van der Waals surface area (Å²) in [6.45, 7) is 5.57. The molecule has 25 heavy (non-hydrogen) atoms. The Morgan fingerprint density at radius 1 is 1.12 bits per heavy atom. The summed E-state index contributed by atoms with van der Waals surface area (Å²) in [5, 5.41) is 6.19. The Morgan fingerprint density at radius 2 is 1.88 bits per heavy atom. The number of piperidine rings is 1. The second-order valence-electron chi connectivity index (χ2n) is 6.34. The van der Waals surface area contributed by atoms with Crippen LogP contribution < -0.4 is 15.5 Å². The minimum Gasteiger partial charge on any atom is -0.368 e. The molecule has 1 aliphatic heterocycles. The van der Waals surface area contributed by atoms with Gasteiger partial charge >= 0.3 is 0 Å². The normalized spacial score (nSPS) is 14.4. The highest BCUT2D eigenvalue weighted by Crippen LogP contribution is 2.20. The largest absolute Gasteiger partial charge is 0.368 e. The minimum absolute atomic E-state index is 0.00544. The summed E-state index contributed by atoms with van der Waals surface area (Å²) in [7, 11) is 0. The van der Waals surface area contributed by atoms with Gasteiger partial charge in [-0.3, -0.25) is 4.79 Å². The van der Waals surface area contributed by atoms with Crippen molar-refractivity contribution in [3.8, 4) is 0 Å². The van der Waals surface area contributed by atoms with E-state index in [0.717, 1.165) is 30.5 Å². The predicted molar refractivity (Wildman–Crippen MR) is 98.8 cm³/mol. The van der Waals surface area contributed by atoms with E-state index >= 15 is 0 Å². The molecule has 0 saturated carbocycles. The first kappa shape index (κ1) is 17.3. The van der Waals surface area contributed by atoms with Gasteiger partial charge < -0.3 is 20.1 Å². The Morgan fingerprint density at radius 3 is 2.64 bits per heavy atom. The first-order valence-corrected chi connectivity index (χ1v) is 8.93. The molecular formula is C18H26N6O. The number of nitrogens with zero attached hydrogens (tertiary/aromatic N) is 4. The molecule has 1 aliphatic rings. The summed E-state index contributed by atoms with van der Waals surface area (Å²) in [5.41, 5.74) is 0. The molecular weight excluding hydrogens is 316 g/mol. The lowest BCUT2D eigenvalue weighted by Crippen LogP contribution is -2.32. The van der Waals surface area contributed by atoms with Gasteiger partial charge in [0.1, 0.15) is 24.0 Å². The summed E-state index contributed by atoms with van der Waals surface area (Å²) in [4.78, 5) is 23.2. The maximum Gasteiger partial charge on any atom is 0.239 e. The van der Waals surface area contributed by atoms with Crippen LogP contribution in [-0.2, 0) is 11.3 Å². The third-order valence-corrected chi connectivity index (χ3v) is 4.25. The zero-order valence-corrected chi connectivity index (χ0v) is 14.7. The topological polar surface area (TPSA) is 75.1 Å². The quantitative estimate of drug-likeness (QED) is 0.751. The molecule has 1 amide bonds. The molecule has 0 radical (unpaired) electrons. The van der Waals surface area contributed by atoms with E-state index in [2.05, 4.69) is 25.5 Å². The van der Waals surface area contributed by atoms with Crippen LogP contribution in [0.15, 0.2) is 30.6 Å². The Kier molecular flexibility index (Phi) is 5.87. The maximum atomic E-state index is 11.8. The number of aryl methyl sites for hydroxylation is 1. The van der Waals surface area contributed by atoms with E-state index in [0.29, 0.717) is 19.6 Å². The second-order valence-corrected chi connectivity index (χ2v) is 6.34. The van der Waals surface area contributed by atoms with Crippen LogP contribution in [0.25, 0.3) is 0 Å². The summed E-state index contributed by atoms with van der Waals surface area (Å²) in [6.07, 6.45) is 7.50. The van der Waals surface area contributed by atoms with Gasteiger partial charge in [-0.1, -0.05) is 0 Å². The number of anilines is 2. The molecule has 7 nitrogen and oxygen atoms in total. The fourth-order valence-electron chi connectivity index (χ4n) is 3.02. The van der Waals surface area contributed by atoms with Gasteiger partial charge in [-0.15, -0.1) is 0 Å². The van der Waals surface area contributed by atoms with Crippen molar-refractivity contribution < 1.29 is 4.79 Å². The third kappa shape index (κ3) is 5.20. The van der Waals surface area contributed by atoms with Gasteiger partial charge in [0.25, 0.3) is 0 Å². The van der Waals surface area contributed by atoms with Crippen molar-refractivity contribution >= 4 is 17.5 Å². The molecule has 3 rings (SSSR count). The molecule has 3 heterocycles. The van der Waals surface area contributed by atoms with Gasteiger partial charge in [0.2, 0.25) is 5.91 Å². The van der Waals surface area contributed by atoms with E-state index in [1.54, 1.807) is 0 Å². The number of aromatic nitrogens is 3. The van der Waals surface area contributed by atoms with E-state index in [-0.39, 0.29) is 5.91 Å². The first-order valence-electron chi connectivity index (χ1n) is 8.93. The number of amides is 1. The maximum absolute atomic E-state index is 11.8. The van der Waals surface area contributed by atoms with Gasteiger partial charge in [-0.05, 0) is 38.3 Å². The third-order valence-electron chi connectivity index (χ3n) is 4.25. The van der Waals surface area contributed by atoms with Crippen molar-refractivity contribution in [1.82, 2.24) is 19.9 Å². The average molecular weight is 342 g/mol. The van der Waals surface area contributed by atoms with Gasteiger partial charge in [0.15, 0.2) is 0 Å². The number of hydrogen-bond donors (Lipinski definition) is 2. The summed E-state index contributed by atoms with van der Waals surface area (Å²) >= 11 is 0. The van der Waals surface area contributed by atoms with Crippen LogP contribution in [0.3, 0.4) is 0 Å². The average Bonchev–Trinajstić information content (AvgIpc) is 3.12. The van der Waals surface area contributed by atoms with Crippen molar-refractivity contribution in [2.45, 2.75) is 32.7 Å². The van der Waals surface area contributed by atoms with Crippen molar-refractivity contribution in [2.75, 3.05) is 36.4 Å². The SMILES string of the molecule is Cc1nc(NCCNC(=O)Cn2cccc2)cc(N2CCCCC2)n1. The molecule has 0 bridgehead atoms. The molecule has 1 saturated heterocycles. The number of carbonyl (C=O) groups excluding carboxylic acids is 1. The molecule has 0 aromatic carbocycles. The first-order chi connectivity index (χ1) is 12.2.